The molecule has 3 fully saturated rings. The van der Waals surface area contributed by atoms with Crippen LogP contribution in [-0.4, -0.2) is 81.0 Å². The Morgan fingerprint density at radius 1 is 0.885 bits per heavy atom. The average molecular weight is 375 g/mol. The lowest BCUT2D eigenvalue weighted by molar-refractivity contribution is -0.192. The highest BCUT2D eigenvalue weighted by molar-refractivity contribution is 5.70. The minimum Gasteiger partial charge on any atom is -0.467 e. The van der Waals surface area contributed by atoms with Crippen LogP contribution in [-0.2, 0) is 38.0 Å². The Kier molecular flexibility index (Phi) is 5.60. The summed E-state index contributed by atoms with van der Waals surface area (Å²) in [4.78, 5) is 11.6. The highest BCUT2D eigenvalue weighted by Crippen LogP contribution is 2.46. The van der Waals surface area contributed by atoms with E-state index in [0.29, 0.717) is 13.2 Å². The molecule has 1 aliphatic carbocycles. The summed E-state index contributed by atoms with van der Waals surface area (Å²) >= 11 is 0. The normalized spacial score (nSPS) is 40.1. The third kappa shape index (κ3) is 3.89. The molecule has 0 aromatic carbocycles. The van der Waals surface area contributed by atoms with E-state index in [0.717, 1.165) is 0 Å². The maximum absolute atomic E-state index is 11.6. The number of fused-ring (bicyclic) bond motifs is 2. The maximum Gasteiger partial charge on any atom is 0.331 e. The molecule has 0 unspecified atom stereocenters. The fourth-order valence-electron chi connectivity index (χ4n) is 3.83. The smallest absolute Gasteiger partial charge is 0.331 e. The highest BCUT2D eigenvalue weighted by atomic mass is 16.8. The number of hydrogen-bond acceptors (Lipinski definition) is 9. The monoisotopic (exact) mass is 375 g/mol. The van der Waals surface area contributed by atoms with Crippen LogP contribution in [0.25, 0.3) is 0 Å². The van der Waals surface area contributed by atoms with Crippen LogP contribution in [0, 0.1) is 0 Å². The molecule has 9 nitrogen and oxygen atoms in total. The number of rotatable bonds is 6. The highest BCUT2D eigenvalue weighted by Gasteiger charge is 2.64. The van der Waals surface area contributed by atoms with Crippen LogP contribution in [0.4, 0.5) is 0 Å². The van der Waals surface area contributed by atoms with Gasteiger partial charge >= 0.3 is 5.97 Å². The fourth-order valence-corrected chi connectivity index (χ4v) is 3.83. The Balaban J connectivity index is 1.87. The van der Waals surface area contributed by atoms with E-state index in [2.05, 4.69) is 4.74 Å². The molecule has 0 aromatic rings. The van der Waals surface area contributed by atoms with Crippen molar-refractivity contribution in [3.8, 4) is 0 Å². The van der Waals surface area contributed by atoms with Crippen molar-refractivity contribution in [1.82, 2.24) is 0 Å². The molecule has 0 amide bonds. The molecule has 0 spiro atoms. The van der Waals surface area contributed by atoms with E-state index in [-0.39, 0.29) is 6.61 Å². The van der Waals surface area contributed by atoms with E-state index in [1.807, 2.05) is 27.7 Å². The molecule has 0 aromatic heterocycles. The Hall–Kier alpha value is -0.810. The van der Waals surface area contributed by atoms with E-state index < -0.39 is 54.2 Å². The van der Waals surface area contributed by atoms with Gasteiger partial charge in [0.25, 0.3) is 0 Å². The summed E-state index contributed by atoms with van der Waals surface area (Å²) in [6.45, 7) is 7.82. The van der Waals surface area contributed by atoms with Gasteiger partial charge in [-0.05, 0) is 27.7 Å². The van der Waals surface area contributed by atoms with Gasteiger partial charge in [0.15, 0.2) is 11.6 Å². The summed E-state index contributed by atoms with van der Waals surface area (Å²) in [5.74, 6) is -2.11. The van der Waals surface area contributed by atoms with E-state index in [1.54, 1.807) is 0 Å². The van der Waals surface area contributed by atoms with E-state index in [9.17, 15) is 4.79 Å². The zero-order valence-corrected chi connectivity index (χ0v) is 15.9. The molecule has 2 N–H and O–H groups in total. The van der Waals surface area contributed by atoms with Gasteiger partial charge in [-0.15, -0.1) is 0 Å². The van der Waals surface area contributed by atoms with Crippen molar-refractivity contribution >= 4 is 5.97 Å². The zero-order chi connectivity index (χ0) is 19.1. The third-order valence-corrected chi connectivity index (χ3v) is 4.67. The summed E-state index contributed by atoms with van der Waals surface area (Å²) in [6.07, 6.45) is -2.80. The molecule has 2 saturated heterocycles. The van der Waals surface area contributed by atoms with Crippen molar-refractivity contribution in [3.05, 3.63) is 0 Å². The van der Waals surface area contributed by atoms with Crippen LogP contribution in [0.5, 0.6) is 0 Å². The lowest BCUT2D eigenvalue weighted by atomic mass is 9.84. The van der Waals surface area contributed by atoms with Crippen LogP contribution >= 0.6 is 0 Å². The SMILES string of the molecule is COC(=O)CO[C@@H]1[C@H]2OC(C)(C)O[C@@H]2[C@@H](OCCN)[C@@H]2OC(C)(C)O[C@@H]12. The minimum atomic E-state index is -0.819. The number of nitrogens with two attached hydrogens (primary N) is 1. The van der Waals surface area contributed by atoms with Crippen molar-refractivity contribution in [2.24, 2.45) is 5.73 Å². The van der Waals surface area contributed by atoms with Gasteiger partial charge in [-0.25, -0.2) is 4.79 Å². The molecule has 26 heavy (non-hydrogen) atoms. The van der Waals surface area contributed by atoms with Gasteiger partial charge in [-0.2, -0.15) is 0 Å². The maximum atomic E-state index is 11.6. The van der Waals surface area contributed by atoms with Gasteiger partial charge in [0, 0.05) is 6.54 Å². The van der Waals surface area contributed by atoms with Gasteiger partial charge in [-0.1, -0.05) is 0 Å². The van der Waals surface area contributed by atoms with Crippen LogP contribution in [0.2, 0.25) is 0 Å². The molecule has 1 saturated carbocycles. The lowest BCUT2D eigenvalue weighted by Gasteiger charge is -2.42. The quantitative estimate of drug-likeness (QED) is 0.639. The molecule has 2 aliphatic heterocycles. The summed E-state index contributed by atoms with van der Waals surface area (Å²) in [6, 6.07) is 0. The summed E-state index contributed by atoms with van der Waals surface area (Å²) in [7, 11) is 1.31. The number of ether oxygens (including phenoxy) is 7. The van der Waals surface area contributed by atoms with Crippen LogP contribution < -0.4 is 5.73 Å². The first-order chi connectivity index (χ1) is 12.2. The number of carbonyl (C=O) groups excluding carboxylic acids is 1. The van der Waals surface area contributed by atoms with Crippen LogP contribution in [0.15, 0.2) is 0 Å². The number of carbonyl (C=O) groups is 1. The van der Waals surface area contributed by atoms with Crippen LogP contribution in [0.3, 0.4) is 0 Å². The van der Waals surface area contributed by atoms with Gasteiger partial charge < -0.3 is 38.9 Å². The number of methoxy groups -OCH3 is 1. The first kappa shape index (κ1) is 19.9. The number of hydrogen-bond donors (Lipinski definition) is 1. The molecule has 0 bridgehead atoms. The molecular formula is C17H29NO8. The molecule has 3 aliphatic rings. The van der Waals surface area contributed by atoms with E-state index in [4.69, 9.17) is 34.2 Å². The van der Waals surface area contributed by atoms with Crippen molar-refractivity contribution in [3.63, 3.8) is 0 Å². The first-order valence-corrected chi connectivity index (χ1v) is 8.89. The van der Waals surface area contributed by atoms with E-state index in [1.165, 1.54) is 7.11 Å². The summed E-state index contributed by atoms with van der Waals surface area (Å²) < 4.78 is 40.8. The standard InChI is InChI=1S/C17H29NO8/c1-16(2)23-12-10(21-7-6-18)13-15(26-17(3,4)24-13)11(14(12)25-16)22-8-9(19)20-5/h10-15H,6-8,18H2,1-5H3/t10-,11-,12-,13+,14-,15+. The van der Waals surface area contributed by atoms with Crippen LogP contribution in [0.1, 0.15) is 27.7 Å². The lowest BCUT2D eigenvalue weighted by Crippen LogP contribution is -2.63. The Labute approximate surface area is 153 Å². The van der Waals surface area contributed by atoms with Crippen molar-refractivity contribution in [2.45, 2.75) is 75.9 Å². The first-order valence-electron chi connectivity index (χ1n) is 8.89. The van der Waals surface area contributed by atoms with Gasteiger partial charge in [0.1, 0.15) is 43.2 Å². The van der Waals surface area contributed by atoms with Gasteiger partial charge in [0.2, 0.25) is 0 Å². The van der Waals surface area contributed by atoms with Crippen molar-refractivity contribution in [2.75, 3.05) is 26.9 Å². The molecular weight excluding hydrogens is 346 g/mol. The second-order valence-electron chi connectivity index (χ2n) is 7.61. The Morgan fingerprint density at radius 3 is 1.69 bits per heavy atom. The average Bonchev–Trinajstić information content (AvgIpc) is 3.04. The molecule has 3 rings (SSSR count). The summed E-state index contributed by atoms with van der Waals surface area (Å²) in [5.41, 5.74) is 5.61. The third-order valence-electron chi connectivity index (χ3n) is 4.67. The second-order valence-corrected chi connectivity index (χ2v) is 7.61. The Morgan fingerprint density at radius 2 is 1.31 bits per heavy atom. The largest absolute Gasteiger partial charge is 0.467 e. The molecule has 9 heteroatoms. The summed E-state index contributed by atoms with van der Waals surface area (Å²) in [5, 5.41) is 0. The number of esters is 1. The molecule has 150 valence electrons. The van der Waals surface area contributed by atoms with Gasteiger partial charge in [0.05, 0.1) is 13.7 Å². The van der Waals surface area contributed by atoms with Crippen molar-refractivity contribution < 1.29 is 38.0 Å². The molecule has 6 atom stereocenters. The fraction of sp³-hybridized carbons (Fsp3) is 0.941. The van der Waals surface area contributed by atoms with Gasteiger partial charge in [-0.3, -0.25) is 0 Å². The van der Waals surface area contributed by atoms with Crippen molar-refractivity contribution in [1.29, 1.82) is 0 Å². The zero-order valence-electron chi connectivity index (χ0n) is 15.9. The molecule has 0 radical (unpaired) electrons. The minimum absolute atomic E-state index is 0.213. The predicted molar refractivity (Wildman–Crippen MR) is 88.2 cm³/mol. The van der Waals surface area contributed by atoms with E-state index >= 15 is 0 Å². The molecule has 2 heterocycles. The predicted octanol–water partition coefficient (Wildman–Crippen LogP) is -0.0577. The topological polar surface area (TPSA) is 108 Å². The second kappa shape index (κ2) is 7.31. The Bertz CT molecular complexity index is 493.